The molecule has 0 saturated carbocycles. The molecule has 2 rings (SSSR count). The van der Waals surface area contributed by atoms with E-state index in [4.69, 9.17) is 0 Å². The van der Waals surface area contributed by atoms with Crippen LogP contribution in [0, 0.1) is 11.8 Å². The van der Waals surface area contributed by atoms with Crippen LogP contribution in [0.5, 0.6) is 0 Å². The lowest BCUT2D eigenvalue weighted by molar-refractivity contribution is 0.708. The van der Waals surface area contributed by atoms with Crippen LogP contribution in [0.25, 0.3) is 0 Å². The molecule has 0 bridgehead atoms. The normalized spacial score (nSPS) is 19.3. The minimum absolute atomic E-state index is 0.630. The molecule has 0 aromatic carbocycles. The van der Waals surface area contributed by atoms with Crippen LogP contribution in [0.4, 0.5) is 0 Å². The molecule has 0 unspecified atom stereocenters. The minimum atomic E-state index is 0.630. The molecule has 0 spiro atoms. The zero-order valence-corrected chi connectivity index (χ0v) is 9.27. The van der Waals surface area contributed by atoms with Gasteiger partial charge in [-0.1, -0.05) is 60.3 Å². The Hall–Kier alpha value is -1.30. The average molecular weight is 198 g/mol. The lowest BCUT2D eigenvalue weighted by Crippen LogP contribution is -1.98. The van der Waals surface area contributed by atoms with E-state index in [0.29, 0.717) is 11.8 Å². The van der Waals surface area contributed by atoms with Crippen molar-refractivity contribution < 1.29 is 0 Å². The standard InChI is InChI=1S/C15H18/c1-2-13(11-14-7-3-4-8-14)12-15-9-5-6-10-15/h2-10,14-15H,11-12H2,1H3. The molecule has 0 heterocycles. The third kappa shape index (κ3) is 2.82. The zero-order chi connectivity index (χ0) is 10.5. The SMILES string of the molecule is CC=C(CC1C=CC=C1)CC1C=CC=C1. The van der Waals surface area contributed by atoms with Crippen LogP contribution in [-0.2, 0) is 0 Å². The van der Waals surface area contributed by atoms with E-state index in [1.807, 2.05) is 0 Å². The van der Waals surface area contributed by atoms with Crippen LogP contribution in [0.2, 0.25) is 0 Å². The van der Waals surface area contributed by atoms with E-state index in [9.17, 15) is 0 Å². The number of hydrogen-bond donors (Lipinski definition) is 0. The summed E-state index contributed by atoms with van der Waals surface area (Å²) in [6, 6.07) is 0. The molecule has 0 N–H and O–H groups in total. The first-order chi connectivity index (χ1) is 7.38. The highest BCUT2D eigenvalue weighted by Gasteiger charge is 2.11. The van der Waals surface area contributed by atoms with E-state index in [2.05, 4.69) is 61.6 Å². The fourth-order valence-corrected chi connectivity index (χ4v) is 2.15. The average Bonchev–Trinajstić information content (AvgIpc) is 2.89. The van der Waals surface area contributed by atoms with E-state index >= 15 is 0 Å². The molecule has 0 fully saturated rings. The molecule has 0 amide bonds. The Bertz CT molecular complexity index is 294. The summed E-state index contributed by atoms with van der Waals surface area (Å²) in [7, 11) is 0. The minimum Gasteiger partial charge on any atom is -0.0884 e. The van der Waals surface area contributed by atoms with Gasteiger partial charge in [-0.15, -0.1) is 0 Å². The summed E-state index contributed by atoms with van der Waals surface area (Å²) >= 11 is 0. The fourth-order valence-electron chi connectivity index (χ4n) is 2.15. The van der Waals surface area contributed by atoms with Crippen molar-refractivity contribution in [3.05, 3.63) is 60.3 Å². The monoisotopic (exact) mass is 198 g/mol. The van der Waals surface area contributed by atoms with Gasteiger partial charge in [0.15, 0.2) is 0 Å². The smallest absolute Gasteiger partial charge is 0.00101 e. The van der Waals surface area contributed by atoms with E-state index in [1.165, 1.54) is 12.8 Å². The quantitative estimate of drug-likeness (QED) is 0.594. The lowest BCUT2D eigenvalue weighted by Gasteiger charge is -2.12. The number of allylic oxidation sites excluding steroid dienone is 10. The van der Waals surface area contributed by atoms with Crippen LogP contribution in [0.1, 0.15) is 19.8 Å². The molecule has 2 aliphatic carbocycles. The molecule has 0 heteroatoms. The molecule has 0 radical (unpaired) electrons. The van der Waals surface area contributed by atoms with Crippen molar-refractivity contribution in [3.8, 4) is 0 Å². The first-order valence-electron chi connectivity index (χ1n) is 5.72. The Labute approximate surface area is 92.4 Å². The Balaban J connectivity index is 1.87. The molecule has 78 valence electrons. The van der Waals surface area contributed by atoms with Crippen LogP contribution < -0.4 is 0 Å². The van der Waals surface area contributed by atoms with Gasteiger partial charge in [0.05, 0.1) is 0 Å². The fraction of sp³-hybridized carbons (Fsp3) is 0.333. The van der Waals surface area contributed by atoms with E-state index < -0.39 is 0 Å². The van der Waals surface area contributed by atoms with Gasteiger partial charge in [0.1, 0.15) is 0 Å². The van der Waals surface area contributed by atoms with Gasteiger partial charge >= 0.3 is 0 Å². The van der Waals surface area contributed by atoms with Crippen LogP contribution in [0.15, 0.2) is 60.3 Å². The zero-order valence-electron chi connectivity index (χ0n) is 9.27. The summed E-state index contributed by atoms with van der Waals surface area (Å²) in [5.41, 5.74) is 1.57. The van der Waals surface area contributed by atoms with Crippen molar-refractivity contribution in [3.63, 3.8) is 0 Å². The summed E-state index contributed by atoms with van der Waals surface area (Å²) in [6.07, 6.45) is 22.4. The third-order valence-electron chi connectivity index (χ3n) is 3.06. The van der Waals surface area contributed by atoms with Crippen molar-refractivity contribution in [2.45, 2.75) is 19.8 Å². The Morgan fingerprint density at radius 2 is 1.27 bits per heavy atom. The lowest BCUT2D eigenvalue weighted by atomic mass is 9.93. The molecule has 0 aromatic rings. The Morgan fingerprint density at radius 1 is 0.867 bits per heavy atom. The van der Waals surface area contributed by atoms with E-state index in [0.717, 1.165) is 0 Å². The van der Waals surface area contributed by atoms with E-state index in [1.54, 1.807) is 5.57 Å². The second-order valence-corrected chi connectivity index (χ2v) is 4.22. The number of rotatable bonds is 4. The maximum atomic E-state index is 2.28. The van der Waals surface area contributed by atoms with Crippen LogP contribution >= 0.6 is 0 Å². The highest BCUT2D eigenvalue weighted by molar-refractivity contribution is 5.24. The highest BCUT2D eigenvalue weighted by atomic mass is 14.2. The molecule has 0 atom stereocenters. The highest BCUT2D eigenvalue weighted by Crippen LogP contribution is 2.26. The van der Waals surface area contributed by atoms with Crippen LogP contribution in [-0.4, -0.2) is 0 Å². The Morgan fingerprint density at radius 3 is 1.60 bits per heavy atom. The van der Waals surface area contributed by atoms with Crippen molar-refractivity contribution in [2.75, 3.05) is 0 Å². The van der Waals surface area contributed by atoms with Crippen molar-refractivity contribution in [2.24, 2.45) is 11.8 Å². The first-order valence-corrected chi connectivity index (χ1v) is 5.72. The molecule has 0 aromatic heterocycles. The summed E-state index contributed by atoms with van der Waals surface area (Å²) in [4.78, 5) is 0. The predicted molar refractivity (Wildman–Crippen MR) is 66.5 cm³/mol. The van der Waals surface area contributed by atoms with Gasteiger partial charge in [-0.2, -0.15) is 0 Å². The molecular weight excluding hydrogens is 180 g/mol. The maximum absolute atomic E-state index is 2.28. The first kappa shape index (κ1) is 10.2. The molecule has 0 aliphatic heterocycles. The topological polar surface area (TPSA) is 0 Å². The third-order valence-corrected chi connectivity index (χ3v) is 3.06. The molecular formula is C15H18. The summed E-state index contributed by atoms with van der Waals surface area (Å²) in [6.45, 7) is 2.15. The van der Waals surface area contributed by atoms with Crippen molar-refractivity contribution in [1.82, 2.24) is 0 Å². The molecule has 2 aliphatic rings. The summed E-state index contributed by atoms with van der Waals surface area (Å²) in [5, 5.41) is 0. The van der Waals surface area contributed by atoms with Gasteiger partial charge in [0.2, 0.25) is 0 Å². The van der Waals surface area contributed by atoms with Gasteiger partial charge in [0, 0.05) is 0 Å². The van der Waals surface area contributed by atoms with Crippen molar-refractivity contribution in [1.29, 1.82) is 0 Å². The van der Waals surface area contributed by atoms with E-state index in [-0.39, 0.29) is 0 Å². The Kier molecular flexibility index (Phi) is 3.39. The van der Waals surface area contributed by atoms with Crippen molar-refractivity contribution >= 4 is 0 Å². The maximum Gasteiger partial charge on any atom is -0.00101 e. The van der Waals surface area contributed by atoms with Gasteiger partial charge in [-0.05, 0) is 31.6 Å². The summed E-state index contributed by atoms with van der Waals surface area (Å²) < 4.78 is 0. The largest absolute Gasteiger partial charge is 0.0884 e. The van der Waals surface area contributed by atoms with Gasteiger partial charge in [0.25, 0.3) is 0 Å². The van der Waals surface area contributed by atoms with Gasteiger partial charge in [-0.25, -0.2) is 0 Å². The van der Waals surface area contributed by atoms with Gasteiger partial charge in [-0.3, -0.25) is 0 Å². The predicted octanol–water partition coefficient (Wildman–Crippen LogP) is 4.20. The second-order valence-electron chi connectivity index (χ2n) is 4.22. The molecule has 15 heavy (non-hydrogen) atoms. The number of hydrogen-bond acceptors (Lipinski definition) is 0. The van der Waals surface area contributed by atoms with Gasteiger partial charge < -0.3 is 0 Å². The molecule has 0 saturated heterocycles. The second kappa shape index (κ2) is 4.97. The summed E-state index contributed by atoms with van der Waals surface area (Å²) in [5.74, 6) is 1.26. The van der Waals surface area contributed by atoms with Crippen LogP contribution in [0.3, 0.4) is 0 Å². The molecule has 0 nitrogen and oxygen atoms in total.